The maximum atomic E-state index is 14.4. The second kappa shape index (κ2) is 9.09. The third kappa shape index (κ3) is 5.13. The van der Waals surface area contributed by atoms with Crippen molar-refractivity contribution >= 4 is 5.97 Å². The first-order chi connectivity index (χ1) is 13.1. The summed E-state index contributed by atoms with van der Waals surface area (Å²) in [6.07, 6.45) is 4.18. The van der Waals surface area contributed by atoms with Gasteiger partial charge in [-0.2, -0.15) is 0 Å². The van der Waals surface area contributed by atoms with Crippen molar-refractivity contribution in [3.05, 3.63) is 59.7 Å². The summed E-state index contributed by atoms with van der Waals surface area (Å²) >= 11 is 0. The lowest BCUT2D eigenvalue weighted by Gasteiger charge is -2.28. The fourth-order valence-electron chi connectivity index (χ4n) is 3.32. The van der Waals surface area contributed by atoms with Gasteiger partial charge in [-0.15, -0.1) is 0 Å². The fourth-order valence-corrected chi connectivity index (χ4v) is 3.32. The van der Waals surface area contributed by atoms with E-state index in [-0.39, 0.29) is 23.6 Å². The van der Waals surface area contributed by atoms with Crippen molar-refractivity contribution in [2.24, 2.45) is 0 Å². The van der Waals surface area contributed by atoms with Crippen LogP contribution in [0.25, 0.3) is 11.1 Å². The van der Waals surface area contributed by atoms with Crippen LogP contribution in [-0.4, -0.2) is 24.8 Å². The molecule has 1 fully saturated rings. The van der Waals surface area contributed by atoms with Gasteiger partial charge in [-0.1, -0.05) is 25.1 Å². The second-order valence-corrected chi connectivity index (χ2v) is 6.88. The minimum absolute atomic E-state index is 0.0785. The first-order valence-corrected chi connectivity index (χ1v) is 9.45. The lowest BCUT2D eigenvalue weighted by molar-refractivity contribution is -0.0196. The lowest BCUT2D eigenvalue weighted by atomic mass is 9.95. The highest BCUT2D eigenvalue weighted by Crippen LogP contribution is 2.26. The van der Waals surface area contributed by atoms with Crippen molar-refractivity contribution in [1.29, 1.82) is 0 Å². The molecule has 0 heterocycles. The molecule has 0 aliphatic heterocycles. The van der Waals surface area contributed by atoms with Gasteiger partial charge in [-0.3, -0.25) is 0 Å². The number of esters is 1. The minimum atomic E-state index is -0.643. The molecule has 1 saturated carbocycles. The van der Waals surface area contributed by atoms with Crippen LogP contribution in [0.3, 0.4) is 0 Å². The molecule has 0 unspecified atom stereocenters. The van der Waals surface area contributed by atoms with Gasteiger partial charge in [0.2, 0.25) is 0 Å². The molecule has 3 nitrogen and oxygen atoms in total. The molecule has 5 heteroatoms. The van der Waals surface area contributed by atoms with Gasteiger partial charge in [-0.25, -0.2) is 13.6 Å². The molecule has 0 N–H and O–H groups in total. The number of hydrogen-bond acceptors (Lipinski definition) is 3. The van der Waals surface area contributed by atoms with Crippen molar-refractivity contribution in [2.75, 3.05) is 6.61 Å². The van der Waals surface area contributed by atoms with Gasteiger partial charge in [0.25, 0.3) is 0 Å². The first kappa shape index (κ1) is 19.5. The van der Waals surface area contributed by atoms with Crippen LogP contribution < -0.4 is 0 Å². The molecule has 2 aromatic rings. The Morgan fingerprint density at radius 2 is 1.59 bits per heavy atom. The summed E-state index contributed by atoms with van der Waals surface area (Å²) < 4.78 is 38.7. The van der Waals surface area contributed by atoms with E-state index in [0.29, 0.717) is 11.1 Å². The van der Waals surface area contributed by atoms with Gasteiger partial charge in [0.15, 0.2) is 0 Å². The van der Waals surface area contributed by atoms with E-state index in [1.165, 1.54) is 24.3 Å². The van der Waals surface area contributed by atoms with Crippen LogP contribution in [0.5, 0.6) is 0 Å². The number of hydrogen-bond donors (Lipinski definition) is 0. The monoisotopic (exact) mass is 374 g/mol. The Kier molecular flexibility index (Phi) is 6.56. The zero-order valence-corrected chi connectivity index (χ0v) is 15.4. The van der Waals surface area contributed by atoms with Crippen LogP contribution in [-0.2, 0) is 9.47 Å². The summed E-state index contributed by atoms with van der Waals surface area (Å²) in [5, 5.41) is 0. The molecule has 144 valence electrons. The van der Waals surface area contributed by atoms with Crippen LogP contribution in [0, 0.1) is 11.6 Å². The predicted molar refractivity (Wildman–Crippen MR) is 99.5 cm³/mol. The topological polar surface area (TPSA) is 35.5 Å². The average molecular weight is 374 g/mol. The molecule has 3 rings (SSSR count). The molecule has 27 heavy (non-hydrogen) atoms. The van der Waals surface area contributed by atoms with Gasteiger partial charge < -0.3 is 9.47 Å². The molecule has 0 atom stereocenters. The largest absolute Gasteiger partial charge is 0.459 e. The van der Waals surface area contributed by atoms with Crippen LogP contribution >= 0.6 is 0 Å². The van der Waals surface area contributed by atoms with Crippen molar-refractivity contribution in [3.63, 3.8) is 0 Å². The molecule has 1 aliphatic rings. The molecule has 0 saturated heterocycles. The standard InChI is InChI=1S/C22H24F2O3/c1-2-13-26-18-8-10-19(11-9-18)27-22(25)20-12-5-16(14-21(20)24)15-3-6-17(23)7-4-15/h3-7,12,14,18-19H,2,8-11,13H2,1H3. The summed E-state index contributed by atoms with van der Waals surface area (Å²) in [6.45, 7) is 2.82. The summed E-state index contributed by atoms with van der Waals surface area (Å²) in [6, 6.07) is 10.1. The van der Waals surface area contributed by atoms with Crippen LogP contribution in [0.4, 0.5) is 8.78 Å². The fraction of sp³-hybridized carbons (Fsp3) is 0.409. The molecule has 2 aromatic carbocycles. The van der Waals surface area contributed by atoms with E-state index in [4.69, 9.17) is 9.47 Å². The van der Waals surface area contributed by atoms with Gasteiger partial charge in [0, 0.05) is 6.61 Å². The van der Waals surface area contributed by atoms with Gasteiger partial charge in [-0.05, 0) is 67.5 Å². The van der Waals surface area contributed by atoms with Gasteiger partial charge >= 0.3 is 5.97 Å². The Morgan fingerprint density at radius 3 is 2.22 bits per heavy atom. The van der Waals surface area contributed by atoms with Crippen molar-refractivity contribution < 1.29 is 23.0 Å². The predicted octanol–water partition coefficient (Wildman–Crippen LogP) is 5.53. The highest BCUT2D eigenvalue weighted by Gasteiger charge is 2.25. The SMILES string of the molecule is CCCOC1CCC(OC(=O)c2ccc(-c3ccc(F)cc3)cc2F)CC1. The van der Waals surface area contributed by atoms with Crippen LogP contribution in [0.2, 0.25) is 0 Å². The quantitative estimate of drug-likeness (QED) is 0.624. The molecular weight excluding hydrogens is 350 g/mol. The second-order valence-electron chi connectivity index (χ2n) is 6.88. The van der Waals surface area contributed by atoms with Crippen LogP contribution in [0.1, 0.15) is 49.4 Å². The van der Waals surface area contributed by atoms with E-state index in [2.05, 4.69) is 6.92 Å². The van der Waals surface area contributed by atoms with E-state index in [9.17, 15) is 13.6 Å². The van der Waals surface area contributed by atoms with Crippen molar-refractivity contribution in [3.8, 4) is 11.1 Å². The highest BCUT2D eigenvalue weighted by molar-refractivity contribution is 5.90. The molecule has 0 radical (unpaired) electrons. The summed E-state index contributed by atoms with van der Waals surface area (Å²) in [7, 11) is 0. The maximum absolute atomic E-state index is 14.4. The molecule has 0 spiro atoms. The van der Waals surface area contributed by atoms with E-state index in [1.54, 1.807) is 18.2 Å². The van der Waals surface area contributed by atoms with Crippen LogP contribution in [0.15, 0.2) is 42.5 Å². The summed E-state index contributed by atoms with van der Waals surface area (Å²) in [5.41, 5.74) is 1.18. The Labute approximate surface area is 158 Å². The van der Waals surface area contributed by atoms with E-state index in [0.717, 1.165) is 38.7 Å². The van der Waals surface area contributed by atoms with Gasteiger partial charge in [0.1, 0.15) is 17.7 Å². The summed E-state index contributed by atoms with van der Waals surface area (Å²) in [5.74, 6) is -1.63. The Balaban J connectivity index is 1.60. The number of halogens is 2. The van der Waals surface area contributed by atoms with Crippen molar-refractivity contribution in [1.82, 2.24) is 0 Å². The Hall–Kier alpha value is -2.27. The minimum Gasteiger partial charge on any atom is -0.459 e. The highest BCUT2D eigenvalue weighted by atomic mass is 19.1. The molecule has 0 aromatic heterocycles. The van der Waals surface area contributed by atoms with E-state index >= 15 is 0 Å². The zero-order chi connectivity index (χ0) is 19.2. The Bertz CT molecular complexity index is 766. The normalized spacial score (nSPS) is 19.7. The third-order valence-corrected chi connectivity index (χ3v) is 4.82. The molecule has 0 amide bonds. The molecular formula is C22H24F2O3. The number of ether oxygens (including phenoxy) is 2. The van der Waals surface area contributed by atoms with E-state index < -0.39 is 11.8 Å². The van der Waals surface area contributed by atoms with Gasteiger partial charge in [0.05, 0.1) is 11.7 Å². The Morgan fingerprint density at radius 1 is 0.963 bits per heavy atom. The number of benzene rings is 2. The van der Waals surface area contributed by atoms with Crippen molar-refractivity contribution in [2.45, 2.75) is 51.2 Å². The number of rotatable bonds is 6. The molecule has 0 bridgehead atoms. The third-order valence-electron chi connectivity index (χ3n) is 4.82. The maximum Gasteiger partial charge on any atom is 0.341 e. The molecule has 1 aliphatic carbocycles. The average Bonchev–Trinajstić information content (AvgIpc) is 2.68. The lowest BCUT2D eigenvalue weighted by Crippen LogP contribution is -2.28. The zero-order valence-electron chi connectivity index (χ0n) is 15.4. The van der Waals surface area contributed by atoms with E-state index in [1.807, 2.05) is 0 Å². The smallest absolute Gasteiger partial charge is 0.341 e. The first-order valence-electron chi connectivity index (χ1n) is 9.45. The summed E-state index contributed by atoms with van der Waals surface area (Å²) in [4.78, 5) is 12.3. The number of carbonyl (C=O) groups excluding carboxylic acids is 1. The number of carbonyl (C=O) groups is 1.